The first-order chi connectivity index (χ1) is 15.0. The summed E-state index contributed by atoms with van der Waals surface area (Å²) in [5, 5.41) is 10.2. The molecule has 0 bridgehead atoms. The summed E-state index contributed by atoms with van der Waals surface area (Å²) in [4.78, 5) is 2.67. The molecule has 7 heteroatoms. The summed E-state index contributed by atoms with van der Waals surface area (Å²) in [6.45, 7) is 4.87. The SMILES string of the molecule is Cc1cccc(S(=O)(=O)N2C[C@@H]3[C@@H](c4ccccc42)[C@@H](CO)N3CC2CCOCC2)c1. The molecule has 0 aromatic heterocycles. The van der Waals surface area contributed by atoms with Gasteiger partial charge in [0, 0.05) is 37.8 Å². The van der Waals surface area contributed by atoms with Crippen LogP contribution < -0.4 is 4.31 Å². The second-order valence-corrected chi connectivity index (χ2v) is 10.9. The van der Waals surface area contributed by atoms with Crippen molar-refractivity contribution in [3.8, 4) is 0 Å². The van der Waals surface area contributed by atoms with Crippen LogP contribution in [-0.4, -0.2) is 63.4 Å². The zero-order chi connectivity index (χ0) is 21.6. The van der Waals surface area contributed by atoms with Gasteiger partial charge in [0.05, 0.1) is 23.7 Å². The highest BCUT2D eigenvalue weighted by molar-refractivity contribution is 7.92. The second kappa shape index (κ2) is 8.20. The Hall–Kier alpha value is -1.93. The highest BCUT2D eigenvalue weighted by Gasteiger charge is 2.54. The summed E-state index contributed by atoms with van der Waals surface area (Å²) < 4.78 is 34.4. The van der Waals surface area contributed by atoms with Gasteiger partial charge in [0.2, 0.25) is 0 Å². The van der Waals surface area contributed by atoms with Crippen LogP contribution in [0.25, 0.3) is 0 Å². The zero-order valence-electron chi connectivity index (χ0n) is 17.9. The van der Waals surface area contributed by atoms with Crippen LogP contribution in [0.2, 0.25) is 0 Å². The quantitative estimate of drug-likeness (QED) is 0.771. The van der Waals surface area contributed by atoms with Crippen molar-refractivity contribution in [3.05, 3.63) is 59.7 Å². The Kier molecular flexibility index (Phi) is 5.54. The topological polar surface area (TPSA) is 70.1 Å². The average Bonchev–Trinajstić information content (AvgIpc) is 2.78. The van der Waals surface area contributed by atoms with Crippen LogP contribution in [-0.2, 0) is 14.8 Å². The summed E-state index contributed by atoms with van der Waals surface area (Å²) in [7, 11) is -3.68. The first kappa shape index (κ1) is 20.9. The number of fused-ring (bicyclic) bond motifs is 3. The van der Waals surface area contributed by atoms with E-state index in [0.29, 0.717) is 17.4 Å². The lowest BCUT2D eigenvalue weighted by atomic mass is 9.72. The fourth-order valence-corrected chi connectivity index (χ4v) is 7.17. The Labute approximate surface area is 184 Å². The van der Waals surface area contributed by atoms with Crippen molar-refractivity contribution in [1.29, 1.82) is 0 Å². The van der Waals surface area contributed by atoms with Crippen molar-refractivity contribution >= 4 is 15.7 Å². The number of hydrogen-bond donors (Lipinski definition) is 1. The maximum absolute atomic E-state index is 13.7. The number of aliphatic hydroxyl groups excluding tert-OH is 1. The molecule has 0 saturated carbocycles. The van der Waals surface area contributed by atoms with E-state index in [-0.39, 0.29) is 24.6 Å². The van der Waals surface area contributed by atoms with Gasteiger partial charge in [-0.2, -0.15) is 0 Å². The molecule has 3 heterocycles. The van der Waals surface area contributed by atoms with Gasteiger partial charge in [0.1, 0.15) is 0 Å². The van der Waals surface area contributed by atoms with Gasteiger partial charge in [0.15, 0.2) is 0 Å². The molecule has 0 unspecified atom stereocenters. The number of anilines is 1. The highest BCUT2D eigenvalue weighted by atomic mass is 32.2. The molecular weight excluding hydrogens is 412 g/mol. The number of rotatable bonds is 5. The van der Waals surface area contributed by atoms with Gasteiger partial charge in [-0.05, 0) is 55.0 Å². The summed E-state index contributed by atoms with van der Waals surface area (Å²) >= 11 is 0. The number of nitrogens with zero attached hydrogens (tertiary/aromatic N) is 2. The molecular formula is C24H30N2O4S. The molecule has 2 aromatic carbocycles. The molecule has 0 radical (unpaired) electrons. The number of benzene rings is 2. The van der Waals surface area contributed by atoms with E-state index in [1.165, 1.54) is 0 Å². The minimum atomic E-state index is -3.68. The number of aryl methyl sites for hydroxylation is 1. The largest absolute Gasteiger partial charge is 0.395 e. The molecule has 0 amide bonds. The number of para-hydroxylation sites is 1. The Bertz CT molecular complexity index is 1050. The first-order valence-electron chi connectivity index (χ1n) is 11.1. The third-order valence-electron chi connectivity index (χ3n) is 7.17. The lowest BCUT2D eigenvalue weighted by molar-refractivity contribution is -0.0616. The molecule has 2 fully saturated rings. The van der Waals surface area contributed by atoms with Gasteiger partial charge in [-0.25, -0.2) is 8.42 Å². The summed E-state index contributed by atoms with van der Waals surface area (Å²) in [6.07, 6.45) is 2.04. The number of aliphatic hydroxyl groups is 1. The predicted octanol–water partition coefficient (Wildman–Crippen LogP) is 2.76. The lowest BCUT2D eigenvalue weighted by Gasteiger charge is -2.59. The molecule has 31 heavy (non-hydrogen) atoms. The Morgan fingerprint density at radius 3 is 2.61 bits per heavy atom. The van der Waals surface area contributed by atoms with E-state index in [9.17, 15) is 13.5 Å². The van der Waals surface area contributed by atoms with Crippen LogP contribution in [0.5, 0.6) is 0 Å². The Balaban J connectivity index is 1.50. The van der Waals surface area contributed by atoms with Gasteiger partial charge in [-0.15, -0.1) is 0 Å². The van der Waals surface area contributed by atoms with E-state index in [1.807, 2.05) is 37.3 Å². The molecule has 3 atom stereocenters. The Morgan fingerprint density at radius 1 is 1.10 bits per heavy atom. The van der Waals surface area contributed by atoms with Crippen LogP contribution in [0.3, 0.4) is 0 Å². The number of sulfonamides is 1. The molecule has 3 aliphatic heterocycles. The molecule has 5 rings (SSSR count). The van der Waals surface area contributed by atoms with Crippen LogP contribution in [0.15, 0.2) is 53.4 Å². The molecule has 3 aliphatic rings. The molecule has 1 N–H and O–H groups in total. The van der Waals surface area contributed by atoms with E-state index in [4.69, 9.17) is 4.74 Å². The monoisotopic (exact) mass is 442 g/mol. The number of hydrogen-bond acceptors (Lipinski definition) is 5. The second-order valence-electron chi connectivity index (χ2n) is 9.01. The zero-order valence-corrected chi connectivity index (χ0v) is 18.7. The molecule has 2 saturated heterocycles. The molecule has 6 nitrogen and oxygen atoms in total. The maximum atomic E-state index is 13.7. The van der Waals surface area contributed by atoms with Crippen molar-refractivity contribution in [2.24, 2.45) is 5.92 Å². The van der Waals surface area contributed by atoms with E-state index in [0.717, 1.165) is 49.4 Å². The normalized spacial score (nSPS) is 26.8. The van der Waals surface area contributed by atoms with E-state index in [1.54, 1.807) is 22.5 Å². The predicted molar refractivity (Wildman–Crippen MR) is 120 cm³/mol. The van der Waals surface area contributed by atoms with E-state index >= 15 is 0 Å². The van der Waals surface area contributed by atoms with Gasteiger partial charge in [-0.3, -0.25) is 9.21 Å². The third kappa shape index (κ3) is 3.57. The lowest BCUT2D eigenvalue weighted by Crippen LogP contribution is -2.69. The minimum absolute atomic E-state index is 0.0396. The molecule has 2 aromatic rings. The highest BCUT2D eigenvalue weighted by Crippen LogP contribution is 2.49. The van der Waals surface area contributed by atoms with Gasteiger partial charge in [-0.1, -0.05) is 30.3 Å². The standard InChI is InChI=1S/C24H30N2O4S/c1-17-5-4-6-19(13-17)31(28,29)26-15-22-24(20-7-2-3-8-21(20)26)23(16-27)25(22)14-18-9-11-30-12-10-18/h2-8,13,18,22-24,27H,9-12,14-16H2,1H3/t22-,23-,24-/m1/s1. The summed E-state index contributed by atoms with van der Waals surface area (Å²) in [6, 6.07) is 15.0. The van der Waals surface area contributed by atoms with Crippen molar-refractivity contribution < 1.29 is 18.3 Å². The molecule has 166 valence electrons. The van der Waals surface area contributed by atoms with Crippen molar-refractivity contribution in [2.45, 2.75) is 42.7 Å². The minimum Gasteiger partial charge on any atom is -0.395 e. The molecule has 0 spiro atoms. The Morgan fingerprint density at radius 2 is 1.87 bits per heavy atom. The van der Waals surface area contributed by atoms with E-state index < -0.39 is 10.0 Å². The fraction of sp³-hybridized carbons (Fsp3) is 0.500. The number of ether oxygens (including phenoxy) is 1. The smallest absolute Gasteiger partial charge is 0.264 e. The van der Waals surface area contributed by atoms with Crippen LogP contribution in [0, 0.1) is 12.8 Å². The van der Waals surface area contributed by atoms with Gasteiger partial charge in [0.25, 0.3) is 10.0 Å². The first-order valence-corrected chi connectivity index (χ1v) is 12.6. The average molecular weight is 443 g/mol. The van der Waals surface area contributed by atoms with E-state index in [2.05, 4.69) is 4.90 Å². The van der Waals surface area contributed by atoms with Gasteiger partial charge >= 0.3 is 0 Å². The fourth-order valence-electron chi connectivity index (χ4n) is 5.56. The molecule has 0 aliphatic carbocycles. The van der Waals surface area contributed by atoms with Crippen LogP contribution in [0.1, 0.15) is 29.9 Å². The van der Waals surface area contributed by atoms with Crippen LogP contribution >= 0.6 is 0 Å². The summed E-state index contributed by atoms with van der Waals surface area (Å²) in [5.41, 5.74) is 2.70. The third-order valence-corrected chi connectivity index (χ3v) is 8.95. The van der Waals surface area contributed by atoms with Crippen LogP contribution in [0.4, 0.5) is 5.69 Å². The maximum Gasteiger partial charge on any atom is 0.264 e. The summed E-state index contributed by atoms with van der Waals surface area (Å²) in [5.74, 6) is 0.688. The van der Waals surface area contributed by atoms with Gasteiger partial charge < -0.3 is 9.84 Å². The number of likely N-dealkylation sites (tertiary alicyclic amines) is 1. The van der Waals surface area contributed by atoms with Crippen molar-refractivity contribution in [2.75, 3.05) is 37.2 Å². The van der Waals surface area contributed by atoms with Crippen molar-refractivity contribution in [1.82, 2.24) is 4.90 Å². The van der Waals surface area contributed by atoms with Crippen molar-refractivity contribution in [3.63, 3.8) is 0 Å².